The molecule has 0 unspecified atom stereocenters. The summed E-state index contributed by atoms with van der Waals surface area (Å²) in [5.41, 5.74) is 5.99. The van der Waals surface area contributed by atoms with Gasteiger partial charge in [0.1, 0.15) is 11.3 Å². The average Bonchev–Trinajstić information content (AvgIpc) is 3.20. The van der Waals surface area contributed by atoms with Crippen LogP contribution in [-0.2, 0) is 9.59 Å². The zero-order valence-electron chi connectivity index (χ0n) is 21.4. The Kier molecular flexibility index (Phi) is 6.66. The van der Waals surface area contributed by atoms with Crippen LogP contribution in [0.2, 0.25) is 0 Å². The number of aryl methyl sites for hydroxylation is 1. The Hall–Kier alpha value is -4.91. The van der Waals surface area contributed by atoms with Gasteiger partial charge in [0, 0.05) is 17.1 Å². The van der Waals surface area contributed by atoms with Gasteiger partial charge in [-0.15, -0.1) is 0 Å². The normalized spacial score (nSPS) is 14.7. The molecule has 190 valence electrons. The van der Waals surface area contributed by atoms with E-state index < -0.39 is 17.8 Å². The van der Waals surface area contributed by atoms with Crippen LogP contribution in [0, 0.1) is 13.8 Å². The Morgan fingerprint density at radius 1 is 0.816 bits per heavy atom. The van der Waals surface area contributed by atoms with Gasteiger partial charge in [0.2, 0.25) is 0 Å². The highest BCUT2D eigenvalue weighted by Gasteiger charge is 2.37. The van der Waals surface area contributed by atoms with Crippen molar-refractivity contribution in [2.75, 3.05) is 11.5 Å². The second-order valence-corrected chi connectivity index (χ2v) is 8.96. The second-order valence-electron chi connectivity index (χ2n) is 8.96. The number of imide groups is 2. The maximum Gasteiger partial charge on any atom is 0.335 e. The van der Waals surface area contributed by atoms with E-state index in [0.29, 0.717) is 23.6 Å². The standard InChI is InChI=1S/C31H27N3O4/c1-4-38-27-16-14-26(15-17-27)34-30(36)28(29(35)32-31(34)37)19-24-18-20(2)33(21(24)3)25-12-10-23(11-13-25)22-8-6-5-7-9-22/h5-19H,4H2,1-3H3,(H,32,35,37)/b28-19-. The summed E-state index contributed by atoms with van der Waals surface area (Å²) >= 11 is 0. The van der Waals surface area contributed by atoms with Crippen LogP contribution in [0.25, 0.3) is 22.9 Å². The van der Waals surface area contributed by atoms with Crippen LogP contribution in [0.15, 0.2) is 90.5 Å². The summed E-state index contributed by atoms with van der Waals surface area (Å²) in [5, 5.41) is 2.28. The molecule has 1 N–H and O–H groups in total. The highest BCUT2D eigenvalue weighted by Crippen LogP contribution is 2.28. The lowest BCUT2D eigenvalue weighted by Gasteiger charge is -2.26. The number of rotatable bonds is 6. The molecule has 0 atom stereocenters. The second kappa shape index (κ2) is 10.2. The number of anilines is 1. The molecule has 7 nitrogen and oxygen atoms in total. The summed E-state index contributed by atoms with van der Waals surface area (Å²) < 4.78 is 7.51. The molecule has 38 heavy (non-hydrogen) atoms. The van der Waals surface area contributed by atoms with E-state index in [2.05, 4.69) is 34.1 Å². The highest BCUT2D eigenvalue weighted by atomic mass is 16.5. The van der Waals surface area contributed by atoms with Crippen LogP contribution in [0.3, 0.4) is 0 Å². The monoisotopic (exact) mass is 505 g/mol. The first kappa shape index (κ1) is 24.8. The molecule has 0 radical (unpaired) electrons. The summed E-state index contributed by atoms with van der Waals surface area (Å²) in [6.45, 7) is 6.28. The number of hydrogen-bond donors (Lipinski definition) is 1. The van der Waals surface area contributed by atoms with Crippen molar-refractivity contribution < 1.29 is 19.1 Å². The molecule has 0 spiro atoms. The van der Waals surface area contributed by atoms with Gasteiger partial charge >= 0.3 is 6.03 Å². The molecule has 1 aliphatic rings. The predicted molar refractivity (Wildman–Crippen MR) is 147 cm³/mol. The van der Waals surface area contributed by atoms with Crippen molar-refractivity contribution in [3.8, 4) is 22.6 Å². The first-order valence-electron chi connectivity index (χ1n) is 12.4. The van der Waals surface area contributed by atoms with Crippen LogP contribution in [0.4, 0.5) is 10.5 Å². The number of nitrogens with zero attached hydrogens (tertiary/aromatic N) is 2. The lowest BCUT2D eigenvalue weighted by atomic mass is 10.1. The third-order valence-corrected chi connectivity index (χ3v) is 6.51. The Bertz CT molecular complexity index is 1550. The largest absolute Gasteiger partial charge is 0.494 e. The van der Waals surface area contributed by atoms with E-state index in [1.807, 2.05) is 57.2 Å². The maximum absolute atomic E-state index is 13.3. The molecule has 0 aliphatic carbocycles. The van der Waals surface area contributed by atoms with Crippen molar-refractivity contribution in [3.63, 3.8) is 0 Å². The van der Waals surface area contributed by atoms with Gasteiger partial charge in [0.05, 0.1) is 12.3 Å². The maximum atomic E-state index is 13.3. The topological polar surface area (TPSA) is 80.6 Å². The molecule has 1 saturated heterocycles. The number of barbiturate groups is 1. The van der Waals surface area contributed by atoms with Crippen molar-refractivity contribution >= 4 is 29.6 Å². The predicted octanol–water partition coefficient (Wildman–Crippen LogP) is 5.83. The summed E-state index contributed by atoms with van der Waals surface area (Å²) in [7, 11) is 0. The molecular weight excluding hydrogens is 478 g/mol. The summed E-state index contributed by atoms with van der Waals surface area (Å²) in [4.78, 5) is 39.6. The number of urea groups is 1. The van der Waals surface area contributed by atoms with Gasteiger partial charge < -0.3 is 9.30 Å². The summed E-state index contributed by atoms with van der Waals surface area (Å²) in [6.07, 6.45) is 1.54. The minimum absolute atomic E-state index is 0.113. The van der Waals surface area contributed by atoms with E-state index >= 15 is 0 Å². The summed E-state index contributed by atoms with van der Waals surface area (Å²) in [6, 6.07) is 26.1. The highest BCUT2D eigenvalue weighted by molar-refractivity contribution is 6.39. The van der Waals surface area contributed by atoms with Gasteiger partial charge in [-0.2, -0.15) is 0 Å². The molecular formula is C31H27N3O4. The van der Waals surface area contributed by atoms with Crippen LogP contribution >= 0.6 is 0 Å². The lowest BCUT2D eigenvalue weighted by molar-refractivity contribution is -0.122. The van der Waals surface area contributed by atoms with Crippen molar-refractivity contribution in [1.29, 1.82) is 0 Å². The number of ether oxygens (including phenoxy) is 1. The first-order valence-corrected chi connectivity index (χ1v) is 12.4. The van der Waals surface area contributed by atoms with Crippen molar-refractivity contribution in [2.24, 2.45) is 0 Å². The third-order valence-electron chi connectivity index (χ3n) is 6.51. The molecule has 0 saturated carbocycles. The minimum atomic E-state index is -0.787. The molecule has 1 aromatic heterocycles. The van der Waals surface area contributed by atoms with Crippen LogP contribution in [0.1, 0.15) is 23.9 Å². The van der Waals surface area contributed by atoms with Gasteiger partial charge in [0.25, 0.3) is 11.8 Å². The van der Waals surface area contributed by atoms with E-state index in [1.165, 1.54) is 0 Å². The number of benzene rings is 3. The van der Waals surface area contributed by atoms with Crippen LogP contribution in [-0.4, -0.2) is 29.0 Å². The number of carbonyl (C=O) groups is 3. The number of aromatic nitrogens is 1. The number of carbonyl (C=O) groups excluding carboxylic acids is 3. The number of amides is 4. The molecule has 3 aromatic carbocycles. The Balaban J connectivity index is 1.46. The number of hydrogen-bond acceptors (Lipinski definition) is 4. The zero-order valence-corrected chi connectivity index (χ0v) is 21.4. The summed E-state index contributed by atoms with van der Waals surface area (Å²) in [5.74, 6) is -0.781. The van der Waals surface area contributed by atoms with Crippen LogP contribution < -0.4 is 15.0 Å². The fourth-order valence-electron chi connectivity index (χ4n) is 4.67. The van der Waals surface area contributed by atoms with Crippen molar-refractivity contribution in [2.45, 2.75) is 20.8 Å². The third kappa shape index (κ3) is 4.62. The van der Waals surface area contributed by atoms with Gasteiger partial charge in [-0.05, 0) is 86.0 Å². The molecule has 7 heteroatoms. The SMILES string of the molecule is CCOc1ccc(N2C(=O)NC(=O)/C(=C/c3cc(C)n(-c4ccc(-c5ccccc5)cc4)c3C)C2=O)cc1. The molecule has 1 aliphatic heterocycles. The fraction of sp³-hybridized carbons (Fsp3) is 0.129. The average molecular weight is 506 g/mol. The smallest absolute Gasteiger partial charge is 0.335 e. The van der Waals surface area contributed by atoms with E-state index in [4.69, 9.17) is 4.74 Å². The van der Waals surface area contributed by atoms with Gasteiger partial charge in [-0.1, -0.05) is 42.5 Å². The molecule has 5 rings (SSSR count). The molecule has 2 heterocycles. The fourth-order valence-corrected chi connectivity index (χ4v) is 4.67. The van der Waals surface area contributed by atoms with Gasteiger partial charge in [-0.25, -0.2) is 9.69 Å². The molecule has 1 fully saturated rings. The zero-order chi connectivity index (χ0) is 26.8. The van der Waals surface area contributed by atoms with Crippen molar-refractivity contribution in [3.05, 3.63) is 107 Å². The van der Waals surface area contributed by atoms with Crippen molar-refractivity contribution in [1.82, 2.24) is 9.88 Å². The minimum Gasteiger partial charge on any atom is -0.494 e. The quantitative estimate of drug-likeness (QED) is 0.264. The lowest BCUT2D eigenvalue weighted by Crippen LogP contribution is -2.54. The van der Waals surface area contributed by atoms with Gasteiger partial charge in [-0.3, -0.25) is 14.9 Å². The first-order chi connectivity index (χ1) is 18.4. The Labute approximate surface area is 221 Å². The Morgan fingerprint density at radius 3 is 2.11 bits per heavy atom. The number of nitrogens with one attached hydrogen (secondary N) is 1. The molecule has 0 bridgehead atoms. The Morgan fingerprint density at radius 2 is 1.45 bits per heavy atom. The molecule has 4 aromatic rings. The van der Waals surface area contributed by atoms with Gasteiger partial charge in [0.15, 0.2) is 0 Å². The van der Waals surface area contributed by atoms with E-state index in [1.54, 1.807) is 30.3 Å². The van der Waals surface area contributed by atoms with Crippen LogP contribution in [0.5, 0.6) is 5.75 Å². The van der Waals surface area contributed by atoms with E-state index in [9.17, 15) is 14.4 Å². The molecule has 4 amide bonds. The van der Waals surface area contributed by atoms with E-state index in [-0.39, 0.29) is 5.57 Å². The van der Waals surface area contributed by atoms with E-state index in [0.717, 1.165) is 33.1 Å².